The van der Waals surface area contributed by atoms with Crippen molar-refractivity contribution in [3.63, 3.8) is 0 Å². The van der Waals surface area contributed by atoms with Crippen LogP contribution in [0.25, 0.3) is 10.9 Å². The Kier molecular flexibility index (Phi) is 6.85. The predicted octanol–water partition coefficient (Wildman–Crippen LogP) is 3.83. The molecule has 182 valence electrons. The standard InChI is InChI=1S/C22H24ClF3N6O2/c23-12-4-5-17-15(8-12)18(10-19(31-17)22(24,25)26)29-13-2-1-3-14(9-13)30-21(34)16-11-28-32(6-7-33)20(16)27/h4-5,8,10-11,13-14,33H,1-3,6-7,9,27H2,(H,29,31)(H,30,34)/t13-,14+/m0/s1. The molecule has 1 aromatic carbocycles. The van der Waals surface area contributed by atoms with Crippen molar-refractivity contribution in [2.45, 2.75) is 50.5 Å². The number of carbonyl (C=O) groups excluding carboxylic acids is 1. The van der Waals surface area contributed by atoms with Crippen LogP contribution in [-0.4, -0.2) is 44.5 Å². The second kappa shape index (κ2) is 9.67. The number of benzene rings is 1. The molecular formula is C22H24ClF3N6O2. The number of nitrogens with one attached hydrogen (secondary N) is 2. The van der Waals surface area contributed by atoms with Gasteiger partial charge in [0.1, 0.15) is 17.1 Å². The highest BCUT2D eigenvalue weighted by Crippen LogP contribution is 2.35. The van der Waals surface area contributed by atoms with Gasteiger partial charge in [0.15, 0.2) is 0 Å². The lowest BCUT2D eigenvalue weighted by Gasteiger charge is -2.31. The van der Waals surface area contributed by atoms with E-state index in [4.69, 9.17) is 22.4 Å². The molecule has 12 heteroatoms. The molecule has 0 unspecified atom stereocenters. The van der Waals surface area contributed by atoms with Gasteiger partial charge in [0, 0.05) is 28.2 Å². The lowest BCUT2D eigenvalue weighted by Crippen LogP contribution is -2.42. The van der Waals surface area contributed by atoms with E-state index in [1.807, 2.05) is 0 Å². The van der Waals surface area contributed by atoms with Crippen molar-refractivity contribution in [1.82, 2.24) is 20.1 Å². The number of carbonyl (C=O) groups is 1. The lowest BCUT2D eigenvalue weighted by atomic mass is 9.90. The van der Waals surface area contributed by atoms with Gasteiger partial charge in [-0.15, -0.1) is 0 Å². The van der Waals surface area contributed by atoms with Gasteiger partial charge in [-0.2, -0.15) is 18.3 Å². The summed E-state index contributed by atoms with van der Waals surface area (Å²) in [5, 5.41) is 20.1. The van der Waals surface area contributed by atoms with Crippen LogP contribution in [0.5, 0.6) is 0 Å². The summed E-state index contributed by atoms with van der Waals surface area (Å²) >= 11 is 6.08. The molecule has 3 aromatic rings. The van der Waals surface area contributed by atoms with E-state index in [-0.39, 0.29) is 48.0 Å². The first-order valence-electron chi connectivity index (χ1n) is 10.8. The molecule has 1 aliphatic carbocycles. The number of hydrogen-bond donors (Lipinski definition) is 4. The molecule has 2 aromatic heterocycles. The van der Waals surface area contributed by atoms with Crippen molar-refractivity contribution in [3.05, 3.63) is 46.7 Å². The molecule has 2 heterocycles. The number of halogens is 4. The third-order valence-corrected chi connectivity index (χ3v) is 6.10. The maximum absolute atomic E-state index is 13.4. The maximum atomic E-state index is 13.4. The lowest BCUT2D eigenvalue weighted by molar-refractivity contribution is -0.140. The van der Waals surface area contributed by atoms with E-state index in [2.05, 4.69) is 20.7 Å². The van der Waals surface area contributed by atoms with Gasteiger partial charge in [-0.25, -0.2) is 9.67 Å². The summed E-state index contributed by atoms with van der Waals surface area (Å²) in [5.41, 5.74) is 5.67. The number of anilines is 2. The number of fused-ring (bicyclic) bond motifs is 1. The minimum Gasteiger partial charge on any atom is -0.394 e. The van der Waals surface area contributed by atoms with Crippen LogP contribution in [0, 0.1) is 0 Å². The Morgan fingerprint density at radius 2 is 2.03 bits per heavy atom. The van der Waals surface area contributed by atoms with Gasteiger partial charge in [-0.1, -0.05) is 11.6 Å². The summed E-state index contributed by atoms with van der Waals surface area (Å²) < 4.78 is 41.6. The molecule has 1 fully saturated rings. The summed E-state index contributed by atoms with van der Waals surface area (Å²) in [6, 6.07) is 5.18. The van der Waals surface area contributed by atoms with Gasteiger partial charge >= 0.3 is 6.18 Å². The molecule has 0 saturated heterocycles. The van der Waals surface area contributed by atoms with Gasteiger partial charge in [-0.3, -0.25) is 4.79 Å². The van der Waals surface area contributed by atoms with Crippen molar-refractivity contribution in [2.24, 2.45) is 0 Å². The first-order chi connectivity index (χ1) is 16.2. The van der Waals surface area contributed by atoms with E-state index in [1.54, 1.807) is 6.07 Å². The Labute approximate surface area is 198 Å². The summed E-state index contributed by atoms with van der Waals surface area (Å²) in [5.74, 6) is -0.218. The third kappa shape index (κ3) is 5.20. The summed E-state index contributed by atoms with van der Waals surface area (Å²) in [4.78, 5) is 16.4. The summed E-state index contributed by atoms with van der Waals surface area (Å²) in [6.07, 6.45) is -0.488. The van der Waals surface area contributed by atoms with E-state index < -0.39 is 11.9 Å². The van der Waals surface area contributed by atoms with Crippen LogP contribution in [0.15, 0.2) is 30.5 Å². The molecule has 0 aliphatic heterocycles. The number of aromatic nitrogens is 3. The van der Waals surface area contributed by atoms with Crippen LogP contribution in [0.2, 0.25) is 5.02 Å². The second-order valence-corrected chi connectivity index (χ2v) is 8.72. The second-order valence-electron chi connectivity index (χ2n) is 8.28. The Balaban J connectivity index is 1.51. The van der Waals surface area contributed by atoms with Crippen LogP contribution < -0.4 is 16.4 Å². The fourth-order valence-electron chi connectivity index (χ4n) is 4.24. The Hall–Kier alpha value is -3.05. The van der Waals surface area contributed by atoms with Crippen LogP contribution >= 0.6 is 11.6 Å². The first kappa shape index (κ1) is 24.1. The summed E-state index contributed by atoms with van der Waals surface area (Å²) in [6.45, 7) is 0.0201. The van der Waals surface area contributed by atoms with E-state index in [1.165, 1.54) is 23.0 Å². The largest absolute Gasteiger partial charge is 0.433 e. The molecule has 34 heavy (non-hydrogen) atoms. The number of nitrogens with zero attached hydrogens (tertiary/aromatic N) is 3. The normalized spacial score (nSPS) is 18.7. The van der Waals surface area contributed by atoms with E-state index >= 15 is 0 Å². The molecule has 5 N–H and O–H groups in total. The van der Waals surface area contributed by atoms with Gasteiger partial charge in [0.25, 0.3) is 5.91 Å². The average Bonchev–Trinajstić information content (AvgIpc) is 3.14. The highest BCUT2D eigenvalue weighted by Gasteiger charge is 2.34. The molecule has 8 nitrogen and oxygen atoms in total. The zero-order valence-corrected chi connectivity index (χ0v) is 18.8. The van der Waals surface area contributed by atoms with Crippen molar-refractivity contribution in [1.29, 1.82) is 0 Å². The van der Waals surface area contributed by atoms with Crippen molar-refractivity contribution < 1.29 is 23.1 Å². The van der Waals surface area contributed by atoms with Crippen molar-refractivity contribution >= 4 is 39.9 Å². The van der Waals surface area contributed by atoms with E-state index in [9.17, 15) is 18.0 Å². The molecule has 4 rings (SSSR count). The third-order valence-electron chi connectivity index (χ3n) is 5.87. The van der Waals surface area contributed by atoms with E-state index in [0.29, 0.717) is 22.5 Å². The van der Waals surface area contributed by atoms with Crippen molar-refractivity contribution in [3.8, 4) is 0 Å². The summed E-state index contributed by atoms with van der Waals surface area (Å²) in [7, 11) is 0. The number of amides is 1. The fourth-order valence-corrected chi connectivity index (χ4v) is 4.41. The highest BCUT2D eigenvalue weighted by molar-refractivity contribution is 6.31. The van der Waals surface area contributed by atoms with Crippen LogP contribution in [0.1, 0.15) is 41.7 Å². The molecule has 0 radical (unpaired) electrons. The molecular weight excluding hydrogens is 473 g/mol. The SMILES string of the molecule is Nc1c(C(=O)N[C@@H]2CCC[C@H](Nc3cc(C(F)(F)F)nc4ccc(Cl)cc34)C2)cnn1CCO. The minimum atomic E-state index is -4.59. The molecule has 0 spiro atoms. The smallest absolute Gasteiger partial charge is 0.394 e. The number of aliphatic hydroxyl groups excluding tert-OH is 1. The van der Waals surface area contributed by atoms with Gasteiger partial charge in [-0.05, 0) is 49.9 Å². The zero-order valence-electron chi connectivity index (χ0n) is 18.1. The Bertz CT molecular complexity index is 1200. The zero-order chi connectivity index (χ0) is 24.5. The number of rotatable bonds is 6. The van der Waals surface area contributed by atoms with Crippen LogP contribution in [0.3, 0.4) is 0 Å². The molecule has 1 amide bonds. The predicted molar refractivity (Wildman–Crippen MR) is 123 cm³/mol. The quantitative estimate of drug-likeness (QED) is 0.412. The Morgan fingerprint density at radius 1 is 1.26 bits per heavy atom. The number of pyridine rings is 1. The van der Waals surface area contributed by atoms with Crippen LogP contribution in [0.4, 0.5) is 24.7 Å². The number of nitrogens with two attached hydrogens (primary N) is 1. The number of aliphatic hydroxyl groups is 1. The number of nitrogen functional groups attached to an aromatic ring is 1. The van der Waals surface area contributed by atoms with Gasteiger partial charge < -0.3 is 21.5 Å². The fraction of sp³-hybridized carbons (Fsp3) is 0.409. The Morgan fingerprint density at radius 3 is 2.76 bits per heavy atom. The first-order valence-corrected chi connectivity index (χ1v) is 11.2. The number of hydrogen-bond acceptors (Lipinski definition) is 6. The number of alkyl halides is 3. The topological polar surface area (TPSA) is 118 Å². The molecule has 1 saturated carbocycles. The van der Waals surface area contributed by atoms with Crippen molar-refractivity contribution in [2.75, 3.05) is 17.7 Å². The highest BCUT2D eigenvalue weighted by atomic mass is 35.5. The van der Waals surface area contributed by atoms with E-state index in [0.717, 1.165) is 25.3 Å². The maximum Gasteiger partial charge on any atom is 0.433 e. The average molecular weight is 497 g/mol. The minimum absolute atomic E-state index is 0.159. The molecule has 2 atom stereocenters. The van der Waals surface area contributed by atoms with Gasteiger partial charge in [0.2, 0.25) is 0 Å². The van der Waals surface area contributed by atoms with Crippen LogP contribution in [-0.2, 0) is 12.7 Å². The van der Waals surface area contributed by atoms with Gasteiger partial charge in [0.05, 0.1) is 24.9 Å². The monoisotopic (exact) mass is 496 g/mol. The molecule has 0 bridgehead atoms. The molecule has 1 aliphatic rings.